The van der Waals surface area contributed by atoms with Crippen molar-refractivity contribution in [1.82, 2.24) is 0 Å². The number of unbranched alkanes of at least 4 members (excludes halogenated alkanes) is 10. The highest BCUT2D eigenvalue weighted by molar-refractivity contribution is 8.76. The zero-order chi connectivity index (χ0) is 22.1. The molecule has 0 aliphatic rings. The molecule has 0 saturated carbocycles. The van der Waals surface area contributed by atoms with Crippen LogP contribution in [-0.4, -0.2) is 36.7 Å². The van der Waals surface area contributed by atoms with Crippen molar-refractivity contribution in [2.45, 2.75) is 117 Å². The number of rotatable bonds is 23. The molecule has 178 valence electrons. The lowest BCUT2D eigenvalue weighted by atomic mass is 10.2. The summed E-state index contributed by atoms with van der Waals surface area (Å²) in [4.78, 5) is 23.3. The van der Waals surface area contributed by atoms with Gasteiger partial charge in [-0.05, 0) is 38.5 Å². The van der Waals surface area contributed by atoms with Gasteiger partial charge in [0.05, 0.1) is 13.2 Å². The van der Waals surface area contributed by atoms with Crippen LogP contribution in [0.5, 0.6) is 0 Å². The van der Waals surface area contributed by atoms with E-state index in [0.29, 0.717) is 26.1 Å². The van der Waals surface area contributed by atoms with Gasteiger partial charge in [-0.2, -0.15) is 0 Å². The molecule has 0 saturated heterocycles. The van der Waals surface area contributed by atoms with Gasteiger partial charge in [-0.25, -0.2) is 0 Å². The normalized spacial score (nSPS) is 10.9. The minimum absolute atomic E-state index is 0.0454. The minimum Gasteiger partial charge on any atom is -0.466 e. The maximum Gasteiger partial charge on any atom is 0.305 e. The number of hydrogen-bond acceptors (Lipinski definition) is 6. The zero-order valence-electron chi connectivity index (χ0n) is 19.6. The molecule has 0 heterocycles. The molecule has 0 aliphatic carbocycles. The third-order valence-electron chi connectivity index (χ3n) is 4.82. The van der Waals surface area contributed by atoms with Gasteiger partial charge in [0.2, 0.25) is 0 Å². The number of ether oxygens (including phenoxy) is 2. The van der Waals surface area contributed by atoms with Gasteiger partial charge < -0.3 is 9.47 Å². The van der Waals surface area contributed by atoms with E-state index in [-0.39, 0.29) is 11.9 Å². The Balaban J connectivity index is 3.23. The lowest BCUT2D eigenvalue weighted by Crippen LogP contribution is -2.05. The van der Waals surface area contributed by atoms with Gasteiger partial charge in [0, 0.05) is 24.3 Å². The average molecular weight is 463 g/mol. The Morgan fingerprint density at radius 1 is 0.533 bits per heavy atom. The highest BCUT2D eigenvalue weighted by atomic mass is 33.1. The number of carbonyl (C=O) groups excluding carboxylic acids is 2. The third-order valence-corrected chi connectivity index (χ3v) is 7.40. The molecular formula is C24H46O4S2. The summed E-state index contributed by atoms with van der Waals surface area (Å²) in [6, 6.07) is 0. The monoisotopic (exact) mass is 462 g/mol. The van der Waals surface area contributed by atoms with Crippen LogP contribution < -0.4 is 0 Å². The van der Waals surface area contributed by atoms with Crippen LogP contribution in [0.4, 0.5) is 0 Å². The molecule has 6 heteroatoms. The van der Waals surface area contributed by atoms with Gasteiger partial charge in [-0.1, -0.05) is 86.8 Å². The predicted octanol–water partition coefficient (Wildman–Crippen LogP) is 7.74. The molecule has 0 bridgehead atoms. The Morgan fingerprint density at radius 2 is 0.933 bits per heavy atom. The standard InChI is InChI=1S/C24H46O4S2/c1-3-5-7-9-13-19-27-23(25)17-11-15-21-29-30-22-16-12-18-24(26)28-20-14-10-8-6-4-2/h3-22H2,1-2H3. The van der Waals surface area contributed by atoms with Crippen molar-refractivity contribution in [1.29, 1.82) is 0 Å². The molecule has 0 unspecified atom stereocenters. The number of carbonyl (C=O) groups is 2. The van der Waals surface area contributed by atoms with Gasteiger partial charge in [0.15, 0.2) is 0 Å². The van der Waals surface area contributed by atoms with E-state index in [4.69, 9.17) is 9.47 Å². The summed E-state index contributed by atoms with van der Waals surface area (Å²) >= 11 is 0. The molecule has 0 aromatic heterocycles. The summed E-state index contributed by atoms with van der Waals surface area (Å²) in [6.45, 7) is 5.57. The summed E-state index contributed by atoms with van der Waals surface area (Å²) in [5.74, 6) is 2.04. The van der Waals surface area contributed by atoms with Crippen LogP contribution in [-0.2, 0) is 19.1 Å². The Hall–Kier alpha value is -0.360. The molecule has 0 radical (unpaired) electrons. The SMILES string of the molecule is CCCCCCCOC(=O)CCCCSSCCCCC(=O)OCCCCCCC. The second kappa shape index (κ2) is 24.9. The average Bonchev–Trinajstić information content (AvgIpc) is 2.74. The lowest BCUT2D eigenvalue weighted by Gasteiger charge is -2.05. The molecule has 0 fully saturated rings. The maximum atomic E-state index is 11.6. The van der Waals surface area contributed by atoms with Gasteiger partial charge >= 0.3 is 11.9 Å². The second-order valence-corrected chi connectivity index (χ2v) is 10.5. The van der Waals surface area contributed by atoms with E-state index < -0.39 is 0 Å². The first-order valence-corrected chi connectivity index (χ1v) is 14.7. The molecule has 0 aliphatic heterocycles. The molecule has 0 rings (SSSR count). The summed E-state index contributed by atoms with van der Waals surface area (Å²) in [5, 5.41) is 0. The van der Waals surface area contributed by atoms with Crippen molar-refractivity contribution >= 4 is 33.5 Å². The van der Waals surface area contributed by atoms with Crippen LogP contribution in [0.2, 0.25) is 0 Å². The largest absolute Gasteiger partial charge is 0.466 e. The van der Waals surface area contributed by atoms with Crippen molar-refractivity contribution < 1.29 is 19.1 Å². The van der Waals surface area contributed by atoms with Crippen molar-refractivity contribution in [2.75, 3.05) is 24.7 Å². The summed E-state index contributed by atoms with van der Waals surface area (Å²) in [6.07, 6.45) is 16.8. The summed E-state index contributed by atoms with van der Waals surface area (Å²) in [5.41, 5.74) is 0. The van der Waals surface area contributed by atoms with Gasteiger partial charge in [-0.3, -0.25) is 9.59 Å². The van der Waals surface area contributed by atoms with E-state index in [1.807, 2.05) is 21.6 Å². The smallest absolute Gasteiger partial charge is 0.305 e. The Bertz CT molecular complexity index is 355. The molecule has 0 spiro atoms. The topological polar surface area (TPSA) is 52.6 Å². The summed E-state index contributed by atoms with van der Waals surface area (Å²) in [7, 11) is 3.73. The number of hydrogen-bond donors (Lipinski definition) is 0. The Morgan fingerprint density at radius 3 is 1.33 bits per heavy atom. The van der Waals surface area contributed by atoms with E-state index in [9.17, 15) is 9.59 Å². The van der Waals surface area contributed by atoms with Crippen LogP contribution in [0.1, 0.15) is 117 Å². The number of esters is 2. The molecule has 0 aromatic carbocycles. The molecule has 0 amide bonds. The molecule has 4 nitrogen and oxygen atoms in total. The van der Waals surface area contributed by atoms with Crippen molar-refractivity contribution in [3.63, 3.8) is 0 Å². The van der Waals surface area contributed by atoms with Crippen LogP contribution in [0, 0.1) is 0 Å². The van der Waals surface area contributed by atoms with Crippen LogP contribution in [0.3, 0.4) is 0 Å². The predicted molar refractivity (Wildman–Crippen MR) is 132 cm³/mol. The molecule has 0 atom stereocenters. The quantitative estimate of drug-likeness (QED) is 0.0879. The van der Waals surface area contributed by atoms with Crippen molar-refractivity contribution in [3.8, 4) is 0 Å². The van der Waals surface area contributed by atoms with Gasteiger partial charge in [0.25, 0.3) is 0 Å². The molecule has 0 N–H and O–H groups in total. The maximum absolute atomic E-state index is 11.6. The first-order chi connectivity index (χ1) is 14.7. The molecule has 0 aromatic rings. The fraction of sp³-hybridized carbons (Fsp3) is 0.917. The minimum atomic E-state index is -0.0454. The van der Waals surface area contributed by atoms with Crippen LogP contribution >= 0.6 is 21.6 Å². The highest BCUT2D eigenvalue weighted by Crippen LogP contribution is 2.24. The fourth-order valence-corrected chi connectivity index (χ4v) is 5.20. The highest BCUT2D eigenvalue weighted by Gasteiger charge is 2.04. The fourth-order valence-electron chi connectivity index (χ4n) is 2.91. The third kappa shape index (κ3) is 23.9. The van der Waals surface area contributed by atoms with E-state index in [1.165, 1.54) is 38.5 Å². The van der Waals surface area contributed by atoms with E-state index >= 15 is 0 Å². The van der Waals surface area contributed by atoms with E-state index in [0.717, 1.165) is 62.9 Å². The van der Waals surface area contributed by atoms with Gasteiger partial charge in [-0.15, -0.1) is 0 Å². The Labute approximate surface area is 193 Å². The first kappa shape index (κ1) is 29.6. The summed E-state index contributed by atoms with van der Waals surface area (Å²) < 4.78 is 10.5. The van der Waals surface area contributed by atoms with Crippen molar-refractivity contribution in [2.24, 2.45) is 0 Å². The molecular weight excluding hydrogens is 416 g/mol. The second-order valence-electron chi connectivity index (χ2n) is 7.83. The molecule has 30 heavy (non-hydrogen) atoms. The van der Waals surface area contributed by atoms with E-state index in [2.05, 4.69) is 13.8 Å². The van der Waals surface area contributed by atoms with Crippen LogP contribution in [0.15, 0.2) is 0 Å². The first-order valence-electron chi connectivity index (χ1n) is 12.3. The van der Waals surface area contributed by atoms with Crippen molar-refractivity contribution in [3.05, 3.63) is 0 Å². The zero-order valence-corrected chi connectivity index (χ0v) is 21.2. The Kier molecular flexibility index (Phi) is 24.6. The lowest BCUT2D eigenvalue weighted by molar-refractivity contribution is -0.144. The van der Waals surface area contributed by atoms with E-state index in [1.54, 1.807) is 0 Å². The van der Waals surface area contributed by atoms with Crippen LogP contribution in [0.25, 0.3) is 0 Å². The van der Waals surface area contributed by atoms with Gasteiger partial charge in [0.1, 0.15) is 0 Å².